The topological polar surface area (TPSA) is 59.3 Å². The predicted octanol–water partition coefficient (Wildman–Crippen LogP) is 0.117. The van der Waals surface area contributed by atoms with Crippen molar-refractivity contribution in [2.24, 2.45) is 0 Å². The maximum atomic E-state index is 11.2. The van der Waals surface area contributed by atoms with Crippen molar-refractivity contribution in [2.75, 3.05) is 0 Å². The van der Waals surface area contributed by atoms with E-state index in [1.54, 1.807) is 12.1 Å². The van der Waals surface area contributed by atoms with Crippen molar-refractivity contribution in [1.82, 2.24) is 5.32 Å². The van der Waals surface area contributed by atoms with Crippen LogP contribution in [0.3, 0.4) is 0 Å². The summed E-state index contributed by atoms with van der Waals surface area (Å²) in [6, 6.07) is 3.49. The summed E-state index contributed by atoms with van der Waals surface area (Å²) in [7, 11) is 0. The van der Waals surface area contributed by atoms with Crippen molar-refractivity contribution in [1.29, 1.82) is 0 Å². The summed E-state index contributed by atoms with van der Waals surface area (Å²) in [5.41, 5.74) is 0. The number of hydrogen-bond donors (Lipinski definition) is 1. The molecule has 60 valence electrons. The number of hydrogen-bond acceptors (Lipinski definition) is 3. The quantitative estimate of drug-likeness (QED) is 0.552. The lowest BCUT2D eigenvalue weighted by atomic mass is 9.90. The molecule has 2 aliphatic rings. The van der Waals surface area contributed by atoms with Gasteiger partial charge < -0.3 is 4.42 Å². The number of fused-ring (bicyclic) bond motifs is 5. The molecule has 2 unspecified atom stereocenters. The summed E-state index contributed by atoms with van der Waals surface area (Å²) < 4.78 is 5.22. The first-order valence-electron chi connectivity index (χ1n) is 3.72. The Morgan fingerprint density at radius 2 is 1.58 bits per heavy atom. The average molecular weight is 163 g/mol. The lowest BCUT2D eigenvalue weighted by molar-refractivity contribution is -0.125. The molecule has 3 heterocycles. The largest absolute Gasteiger partial charge is 0.464 e. The van der Waals surface area contributed by atoms with E-state index in [1.807, 2.05) is 0 Å². The molecule has 0 spiro atoms. The number of rotatable bonds is 0. The summed E-state index contributed by atoms with van der Waals surface area (Å²) in [5.74, 6) is -0.00889. The van der Waals surface area contributed by atoms with Gasteiger partial charge in [-0.15, -0.1) is 0 Å². The fourth-order valence-electron chi connectivity index (χ4n) is 1.87. The Hall–Kier alpha value is -1.58. The Bertz CT molecular complexity index is 358. The highest BCUT2D eigenvalue weighted by molar-refractivity contribution is 6.10. The van der Waals surface area contributed by atoms with Crippen molar-refractivity contribution >= 4 is 11.8 Å². The molecule has 4 heteroatoms. The molecule has 1 aromatic rings. The predicted molar refractivity (Wildman–Crippen MR) is 37.3 cm³/mol. The van der Waals surface area contributed by atoms with Crippen LogP contribution in [-0.4, -0.2) is 11.8 Å². The van der Waals surface area contributed by atoms with Crippen LogP contribution in [0.25, 0.3) is 0 Å². The van der Waals surface area contributed by atoms with Gasteiger partial charge in [-0.3, -0.25) is 14.9 Å². The Kier molecular flexibility index (Phi) is 0.800. The van der Waals surface area contributed by atoms with Gasteiger partial charge in [0.15, 0.2) is 0 Å². The molecular weight excluding hydrogens is 158 g/mol. The van der Waals surface area contributed by atoms with Crippen LogP contribution in [0.5, 0.6) is 0 Å². The number of carbonyl (C=O) groups is 2. The molecule has 1 saturated heterocycles. The van der Waals surface area contributed by atoms with Gasteiger partial charge in [-0.05, 0) is 12.1 Å². The molecule has 4 nitrogen and oxygen atoms in total. The van der Waals surface area contributed by atoms with Crippen LogP contribution in [0.15, 0.2) is 16.5 Å². The molecule has 1 aromatic heterocycles. The van der Waals surface area contributed by atoms with Crippen LogP contribution in [-0.2, 0) is 9.59 Å². The molecule has 0 radical (unpaired) electrons. The lowest BCUT2D eigenvalue weighted by Gasteiger charge is -2.02. The van der Waals surface area contributed by atoms with Crippen LogP contribution in [0, 0.1) is 0 Å². The van der Waals surface area contributed by atoms with Crippen molar-refractivity contribution in [3.05, 3.63) is 23.7 Å². The first-order valence-corrected chi connectivity index (χ1v) is 3.72. The van der Waals surface area contributed by atoms with E-state index in [0.29, 0.717) is 11.5 Å². The van der Waals surface area contributed by atoms with E-state index in [4.69, 9.17) is 4.42 Å². The summed E-state index contributed by atoms with van der Waals surface area (Å²) in [5, 5.41) is 2.28. The molecule has 12 heavy (non-hydrogen) atoms. The second kappa shape index (κ2) is 1.60. The molecule has 2 amide bonds. The molecule has 2 bridgehead atoms. The van der Waals surface area contributed by atoms with Gasteiger partial charge in [-0.2, -0.15) is 0 Å². The van der Waals surface area contributed by atoms with E-state index < -0.39 is 0 Å². The Morgan fingerprint density at radius 3 is 2.08 bits per heavy atom. The van der Waals surface area contributed by atoms with Crippen LogP contribution in [0.2, 0.25) is 0 Å². The molecule has 1 N–H and O–H groups in total. The lowest BCUT2D eigenvalue weighted by Crippen LogP contribution is -2.22. The highest BCUT2D eigenvalue weighted by Gasteiger charge is 2.50. The van der Waals surface area contributed by atoms with Gasteiger partial charge in [0.25, 0.3) is 0 Å². The van der Waals surface area contributed by atoms with Crippen molar-refractivity contribution in [2.45, 2.75) is 11.8 Å². The number of carbonyl (C=O) groups excluding carboxylic acids is 2. The zero-order valence-corrected chi connectivity index (χ0v) is 6.03. The van der Waals surface area contributed by atoms with Gasteiger partial charge in [0.05, 0.1) is 0 Å². The van der Waals surface area contributed by atoms with Crippen LogP contribution < -0.4 is 5.32 Å². The number of furan rings is 1. The molecule has 0 saturated carbocycles. The highest BCUT2D eigenvalue weighted by atomic mass is 16.4. The summed E-state index contributed by atoms with van der Waals surface area (Å²) in [6.07, 6.45) is 0. The van der Waals surface area contributed by atoms with Gasteiger partial charge in [0, 0.05) is 0 Å². The van der Waals surface area contributed by atoms with Crippen molar-refractivity contribution in [3.63, 3.8) is 0 Å². The normalized spacial score (nSPS) is 30.7. The van der Waals surface area contributed by atoms with Crippen LogP contribution in [0.1, 0.15) is 23.4 Å². The van der Waals surface area contributed by atoms with E-state index in [0.717, 1.165) is 0 Å². The molecule has 0 aromatic carbocycles. The van der Waals surface area contributed by atoms with Gasteiger partial charge in [0.1, 0.15) is 23.4 Å². The second-order valence-corrected chi connectivity index (χ2v) is 3.05. The highest BCUT2D eigenvalue weighted by Crippen LogP contribution is 2.45. The molecule has 2 aliphatic heterocycles. The standard InChI is InChI=1S/C8H5NO3/c10-7-5-3-1-2-4(12-3)6(5)8(11)9-7/h1-2,5-6H,(H,9,10,11). The number of imide groups is 1. The Morgan fingerprint density at radius 1 is 1.08 bits per heavy atom. The summed E-state index contributed by atoms with van der Waals surface area (Å²) in [4.78, 5) is 22.4. The number of nitrogens with one attached hydrogen (secondary N) is 1. The fraction of sp³-hybridized carbons (Fsp3) is 0.250. The minimum Gasteiger partial charge on any atom is -0.464 e. The van der Waals surface area contributed by atoms with Crippen molar-refractivity contribution < 1.29 is 14.0 Å². The molecule has 1 fully saturated rings. The van der Waals surface area contributed by atoms with Crippen molar-refractivity contribution in [3.8, 4) is 0 Å². The molecule has 3 rings (SSSR count). The third-order valence-corrected chi connectivity index (χ3v) is 2.41. The van der Waals surface area contributed by atoms with Crippen LogP contribution >= 0.6 is 0 Å². The van der Waals surface area contributed by atoms with Gasteiger partial charge in [-0.1, -0.05) is 0 Å². The van der Waals surface area contributed by atoms with Gasteiger partial charge in [0.2, 0.25) is 11.8 Å². The Labute approximate surface area is 67.5 Å². The molecular formula is C8H5NO3. The Balaban J connectivity index is 2.22. The van der Waals surface area contributed by atoms with E-state index in [2.05, 4.69) is 5.32 Å². The second-order valence-electron chi connectivity index (χ2n) is 3.05. The monoisotopic (exact) mass is 163 g/mol. The number of amides is 2. The van der Waals surface area contributed by atoms with E-state index in [1.165, 1.54) is 0 Å². The van der Waals surface area contributed by atoms with E-state index in [-0.39, 0.29) is 23.7 Å². The fourth-order valence-corrected chi connectivity index (χ4v) is 1.87. The third kappa shape index (κ3) is 0.470. The van der Waals surface area contributed by atoms with Gasteiger partial charge in [-0.25, -0.2) is 0 Å². The van der Waals surface area contributed by atoms with E-state index in [9.17, 15) is 9.59 Å². The molecule has 2 atom stereocenters. The maximum Gasteiger partial charge on any atom is 0.238 e. The summed E-state index contributed by atoms with van der Waals surface area (Å²) >= 11 is 0. The minimum atomic E-state index is -0.377. The first kappa shape index (κ1) is 5.99. The van der Waals surface area contributed by atoms with Gasteiger partial charge >= 0.3 is 0 Å². The maximum absolute atomic E-state index is 11.2. The molecule has 0 aliphatic carbocycles. The first-order chi connectivity index (χ1) is 5.77. The third-order valence-electron chi connectivity index (χ3n) is 2.41. The minimum absolute atomic E-state index is 0.237. The van der Waals surface area contributed by atoms with Crippen LogP contribution in [0.4, 0.5) is 0 Å². The van der Waals surface area contributed by atoms with E-state index >= 15 is 0 Å². The SMILES string of the molecule is O=C1NC(=O)C2c3ccc(o3)C12. The zero-order valence-electron chi connectivity index (χ0n) is 6.03. The summed E-state index contributed by atoms with van der Waals surface area (Å²) in [6.45, 7) is 0. The smallest absolute Gasteiger partial charge is 0.238 e. The average Bonchev–Trinajstić information content (AvgIpc) is 2.64. The zero-order chi connectivity index (χ0) is 8.29.